The minimum absolute atomic E-state index is 0.00871. The second kappa shape index (κ2) is 8.84. The first-order valence-corrected chi connectivity index (χ1v) is 13.8. The molecule has 4 rings (SSSR count). The molecule has 0 spiro atoms. The van der Waals surface area contributed by atoms with E-state index in [-0.39, 0.29) is 60.8 Å². The largest absolute Gasteiger partial charge is 0.481 e. The molecule has 2 saturated carbocycles. The summed E-state index contributed by atoms with van der Waals surface area (Å²) in [5.41, 5.74) is -1.55. The van der Waals surface area contributed by atoms with Gasteiger partial charge >= 0.3 is 5.97 Å². The normalized spacial score (nSPS) is 42.5. The Morgan fingerprint density at radius 3 is 2.24 bits per heavy atom. The molecule has 9 atom stereocenters. The number of carbonyl (C=O) groups is 4. The van der Waals surface area contributed by atoms with E-state index in [0.29, 0.717) is 30.4 Å². The SMILES string of the molecule is C[C@@H](CC(=O)C[C@H](C)[C@@H]1CC(=O)[C@]2(C)C3=C(C(=O)C[C@@]12C)[C@]1(C)CC[C@@H](O)C(C)(C)[C@H]1C[C@H]3O)C(=O)O. The van der Waals surface area contributed by atoms with Gasteiger partial charge in [0.25, 0.3) is 0 Å². The topological polar surface area (TPSA) is 129 Å². The van der Waals surface area contributed by atoms with Crippen LogP contribution in [0, 0.1) is 45.3 Å². The monoisotopic (exact) mass is 516 g/mol. The zero-order valence-electron chi connectivity index (χ0n) is 23.4. The zero-order chi connectivity index (χ0) is 27.9. The van der Waals surface area contributed by atoms with Crippen molar-refractivity contribution >= 4 is 23.3 Å². The molecule has 0 bridgehead atoms. The number of carbonyl (C=O) groups excluding carboxylic acids is 3. The highest BCUT2D eigenvalue weighted by Crippen LogP contribution is 2.70. The van der Waals surface area contributed by atoms with Gasteiger partial charge in [0.05, 0.1) is 23.5 Å². The fraction of sp³-hybridized carbons (Fsp3) is 0.800. The van der Waals surface area contributed by atoms with Crippen molar-refractivity contribution in [3.63, 3.8) is 0 Å². The van der Waals surface area contributed by atoms with Gasteiger partial charge in [-0.3, -0.25) is 19.2 Å². The number of rotatable bonds is 6. The van der Waals surface area contributed by atoms with Crippen molar-refractivity contribution in [1.82, 2.24) is 0 Å². The summed E-state index contributed by atoms with van der Waals surface area (Å²) in [6, 6.07) is 0. The maximum atomic E-state index is 14.1. The van der Waals surface area contributed by atoms with Crippen molar-refractivity contribution in [3.05, 3.63) is 11.1 Å². The Kier molecular flexibility index (Phi) is 6.72. The number of Topliss-reactive ketones (excluding diaryl/α,β-unsaturated/α-hetero) is 3. The second-order valence-corrected chi connectivity index (χ2v) is 13.9. The van der Waals surface area contributed by atoms with Crippen molar-refractivity contribution in [2.24, 2.45) is 45.3 Å². The first-order chi connectivity index (χ1) is 16.9. The third kappa shape index (κ3) is 3.82. The van der Waals surface area contributed by atoms with Crippen molar-refractivity contribution in [1.29, 1.82) is 0 Å². The fourth-order valence-electron chi connectivity index (χ4n) is 9.12. The number of aliphatic hydroxyl groups is 2. The third-order valence-electron chi connectivity index (χ3n) is 11.6. The van der Waals surface area contributed by atoms with E-state index in [2.05, 4.69) is 6.92 Å². The molecule has 4 aliphatic carbocycles. The van der Waals surface area contributed by atoms with E-state index in [9.17, 15) is 34.5 Å². The van der Waals surface area contributed by atoms with Gasteiger partial charge in [0, 0.05) is 31.3 Å². The summed E-state index contributed by atoms with van der Waals surface area (Å²) >= 11 is 0. The smallest absolute Gasteiger partial charge is 0.306 e. The zero-order valence-corrected chi connectivity index (χ0v) is 23.4. The van der Waals surface area contributed by atoms with Gasteiger partial charge in [-0.2, -0.15) is 0 Å². The number of aliphatic hydroxyl groups excluding tert-OH is 2. The standard InChI is InChI=1S/C30H44O7/c1-15(10-17(31)11-16(2)26(36)37)18-12-23(35)30(7)25-19(32)13-21-27(3,4)22(34)8-9-28(21,5)24(25)20(33)14-29(18,30)6/h15-16,18-19,21-22,32,34H,8-14H2,1-7H3,(H,36,37)/t15-,16-,18-,19+,21+,22+,28+,29-,30+/m0/s1. The average Bonchev–Trinajstić information content (AvgIpc) is 2.99. The molecule has 2 fully saturated rings. The van der Waals surface area contributed by atoms with Crippen molar-refractivity contribution in [2.45, 2.75) is 106 Å². The Bertz CT molecular complexity index is 1070. The number of fused-ring (bicyclic) bond motifs is 4. The fourth-order valence-corrected chi connectivity index (χ4v) is 9.12. The number of ketones is 3. The molecular formula is C30H44O7. The molecular weight excluding hydrogens is 472 g/mol. The maximum Gasteiger partial charge on any atom is 0.306 e. The number of allylic oxidation sites excluding steroid dienone is 1. The first-order valence-electron chi connectivity index (χ1n) is 13.8. The number of aliphatic carboxylic acids is 1. The average molecular weight is 517 g/mol. The van der Waals surface area contributed by atoms with Crippen LogP contribution in [0.3, 0.4) is 0 Å². The predicted molar refractivity (Wildman–Crippen MR) is 137 cm³/mol. The lowest BCUT2D eigenvalue weighted by atomic mass is 9.42. The van der Waals surface area contributed by atoms with E-state index >= 15 is 0 Å². The van der Waals surface area contributed by atoms with Crippen molar-refractivity contribution in [3.8, 4) is 0 Å². The summed E-state index contributed by atoms with van der Waals surface area (Å²) in [6.07, 6.45) is 0.671. The van der Waals surface area contributed by atoms with Gasteiger partial charge in [-0.15, -0.1) is 0 Å². The Balaban J connectivity index is 1.74. The third-order valence-corrected chi connectivity index (χ3v) is 11.6. The molecule has 206 valence electrons. The lowest BCUT2D eigenvalue weighted by Crippen LogP contribution is -2.60. The van der Waals surface area contributed by atoms with E-state index in [1.165, 1.54) is 6.92 Å². The summed E-state index contributed by atoms with van der Waals surface area (Å²) in [7, 11) is 0. The molecule has 4 aliphatic rings. The number of hydrogen-bond acceptors (Lipinski definition) is 6. The molecule has 0 aromatic carbocycles. The van der Waals surface area contributed by atoms with Crippen molar-refractivity contribution in [2.75, 3.05) is 0 Å². The van der Waals surface area contributed by atoms with Crippen LogP contribution >= 0.6 is 0 Å². The Hall–Kier alpha value is -1.86. The van der Waals surface area contributed by atoms with Gasteiger partial charge in [0.1, 0.15) is 11.6 Å². The molecule has 0 amide bonds. The summed E-state index contributed by atoms with van der Waals surface area (Å²) in [4.78, 5) is 51.9. The summed E-state index contributed by atoms with van der Waals surface area (Å²) in [5, 5.41) is 31.6. The van der Waals surface area contributed by atoms with Crippen LogP contribution in [0.25, 0.3) is 0 Å². The minimum Gasteiger partial charge on any atom is -0.481 e. The lowest BCUT2D eigenvalue weighted by Gasteiger charge is -2.61. The van der Waals surface area contributed by atoms with E-state index in [1.807, 2.05) is 34.6 Å². The van der Waals surface area contributed by atoms with Crippen LogP contribution in [0.15, 0.2) is 11.1 Å². The summed E-state index contributed by atoms with van der Waals surface area (Å²) in [5.74, 6) is -2.45. The quantitative estimate of drug-likeness (QED) is 0.484. The van der Waals surface area contributed by atoms with Gasteiger partial charge in [-0.25, -0.2) is 0 Å². The Labute approximate surface area is 220 Å². The van der Waals surface area contributed by atoms with Gasteiger partial charge in [-0.1, -0.05) is 41.5 Å². The van der Waals surface area contributed by atoms with E-state index in [4.69, 9.17) is 0 Å². The van der Waals surface area contributed by atoms with Crippen LogP contribution < -0.4 is 0 Å². The molecule has 7 nitrogen and oxygen atoms in total. The summed E-state index contributed by atoms with van der Waals surface area (Å²) < 4.78 is 0. The number of carboxylic acid groups (broad SMARTS) is 1. The molecule has 0 radical (unpaired) electrons. The number of carboxylic acids is 1. The second-order valence-electron chi connectivity index (χ2n) is 13.9. The molecule has 0 aromatic heterocycles. The lowest BCUT2D eigenvalue weighted by molar-refractivity contribution is -0.144. The summed E-state index contributed by atoms with van der Waals surface area (Å²) in [6.45, 7) is 13.4. The first kappa shape index (κ1) is 28.2. The molecule has 3 N–H and O–H groups in total. The predicted octanol–water partition coefficient (Wildman–Crippen LogP) is 4.13. The molecule has 0 unspecified atom stereocenters. The van der Waals surface area contributed by atoms with E-state index in [1.54, 1.807) is 0 Å². The van der Waals surface area contributed by atoms with Crippen LogP contribution in [0.2, 0.25) is 0 Å². The van der Waals surface area contributed by atoms with Crippen molar-refractivity contribution < 1.29 is 34.5 Å². The molecule has 37 heavy (non-hydrogen) atoms. The minimum atomic E-state index is -1.01. The highest BCUT2D eigenvalue weighted by molar-refractivity contribution is 6.05. The highest BCUT2D eigenvalue weighted by Gasteiger charge is 2.70. The van der Waals surface area contributed by atoms with Gasteiger partial charge < -0.3 is 15.3 Å². The van der Waals surface area contributed by atoms with Crippen LogP contribution in [-0.2, 0) is 19.2 Å². The Morgan fingerprint density at radius 1 is 1.03 bits per heavy atom. The molecule has 0 heterocycles. The molecule has 0 aromatic rings. The van der Waals surface area contributed by atoms with Crippen LogP contribution in [0.5, 0.6) is 0 Å². The van der Waals surface area contributed by atoms with Crippen LogP contribution in [0.1, 0.15) is 93.4 Å². The van der Waals surface area contributed by atoms with Gasteiger partial charge in [0.2, 0.25) is 0 Å². The van der Waals surface area contributed by atoms with E-state index in [0.717, 1.165) is 0 Å². The van der Waals surface area contributed by atoms with Crippen LogP contribution in [-0.4, -0.2) is 50.8 Å². The number of hydrogen-bond donors (Lipinski definition) is 3. The highest BCUT2D eigenvalue weighted by atomic mass is 16.4. The molecule has 0 aliphatic heterocycles. The van der Waals surface area contributed by atoms with Crippen LogP contribution in [0.4, 0.5) is 0 Å². The van der Waals surface area contributed by atoms with E-state index < -0.39 is 45.8 Å². The maximum absolute atomic E-state index is 14.1. The van der Waals surface area contributed by atoms with Gasteiger partial charge in [0.15, 0.2) is 5.78 Å². The molecule has 7 heteroatoms. The molecule has 0 saturated heterocycles. The van der Waals surface area contributed by atoms with Gasteiger partial charge in [-0.05, 0) is 65.8 Å². The Morgan fingerprint density at radius 2 is 1.65 bits per heavy atom.